The van der Waals surface area contributed by atoms with Crippen LogP contribution in [0.2, 0.25) is 0 Å². The third kappa shape index (κ3) is 5.55. The second kappa shape index (κ2) is 8.63. The highest BCUT2D eigenvalue weighted by molar-refractivity contribution is 8.00. The number of hydrogen-bond donors (Lipinski definition) is 2. The molecule has 0 atom stereocenters. The zero-order valence-corrected chi connectivity index (χ0v) is 13.2. The Morgan fingerprint density at radius 3 is 2.55 bits per heavy atom. The molecule has 0 aliphatic heterocycles. The first-order chi connectivity index (χ1) is 10.6. The third-order valence-corrected chi connectivity index (χ3v) is 4.98. The fourth-order valence-corrected chi connectivity index (χ4v) is 3.57. The average molecular weight is 323 g/mol. The molecule has 22 heavy (non-hydrogen) atoms. The van der Waals surface area contributed by atoms with Crippen molar-refractivity contribution in [3.63, 3.8) is 0 Å². The minimum Gasteiger partial charge on any atom is -0.383 e. The number of carbonyl (C=O) groups is 1. The number of non-ortho nitro benzene ring substituents is 1. The molecule has 2 N–H and O–H groups in total. The lowest BCUT2D eigenvalue weighted by atomic mass is 10.3. The maximum absolute atomic E-state index is 11.7. The van der Waals surface area contributed by atoms with Crippen molar-refractivity contribution in [2.24, 2.45) is 0 Å². The molecule has 0 saturated heterocycles. The van der Waals surface area contributed by atoms with E-state index in [2.05, 4.69) is 10.6 Å². The molecule has 0 unspecified atom stereocenters. The largest absolute Gasteiger partial charge is 0.383 e. The van der Waals surface area contributed by atoms with Gasteiger partial charge in [0.1, 0.15) is 0 Å². The Bertz CT molecular complexity index is 501. The summed E-state index contributed by atoms with van der Waals surface area (Å²) in [6.07, 6.45) is 5.05. The van der Waals surface area contributed by atoms with Crippen molar-refractivity contribution in [3.05, 3.63) is 34.4 Å². The lowest BCUT2D eigenvalue weighted by Crippen LogP contribution is -2.30. The number of nitrogens with zero attached hydrogens (tertiary/aromatic N) is 1. The van der Waals surface area contributed by atoms with E-state index in [9.17, 15) is 14.9 Å². The van der Waals surface area contributed by atoms with Crippen LogP contribution >= 0.6 is 11.8 Å². The van der Waals surface area contributed by atoms with E-state index in [0.29, 0.717) is 24.1 Å². The second-order valence-corrected chi connectivity index (χ2v) is 6.59. The predicted octanol–water partition coefficient (Wildman–Crippen LogP) is 2.80. The fourth-order valence-electron chi connectivity index (χ4n) is 2.41. The maximum Gasteiger partial charge on any atom is 0.269 e. The van der Waals surface area contributed by atoms with Crippen LogP contribution in [-0.4, -0.2) is 34.9 Å². The van der Waals surface area contributed by atoms with Gasteiger partial charge in [0.05, 0.1) is 10.7 Å². The monoisotopic (exact) mass is 323 g/mol. The number of carbonyl (C=O) groups excluding carboxylic acids is 1. The van der Waals surface area contributed by atoms with E-state index in [1.54, 1.807) is 23.9 Å². The number of nitro groups is 1. The molecule has 1 aromatic carbocycles. The topological polar surface area (TPSA) is 84.3 Å². The standard InChI is InChI=1S/C15H21N3O3S/c19-15(11-22-14-3-1-2-4-14)17-10-9-16-12-5-7-13(8-6-12)18(20)21/h5-8,14,16H,1-4,9-11H2,(H,17,19). The van der Waals surface area contributed by atoms with E-state index in [1.807, 2.05) is 0 Å². The summed E-state index contributed by atoms with van der Waals surface area (Å²) in [4.78, 5) is 21.8. The van der Waals surface area contributed by atoms with Crippen LogP contribution in [0.25, 0.3) is 0 Å². The summed E-state index contributed by atoms with van der Waals surface area (Å²) < 4.78 is 0. The Balaban J connectivity index is 1.57. The van der Waals surface area contributed by atoms with E-state index < -0.39 is 4.92 Å². The van der Waals surface area contributed by atoms with Crippen molar-refractivity contribution in [1.29, 1.82) is 0 Å². The van der Waals surface area contributed by atoms with Gasteiger partial charge in [-0.3, -0.25) is 14.9 Å². The van der Waals surface area contributed by atoms with Gasteiger partial charge in [-0.05, 0) is 25.0 Å². The highest BCUT2D eigenvalue weighted by Crippen LogP contribution is 2.28. The van der Waals surface area contributed by atoms with Crippen LogP contribution in [0.1, 0.15) is 25.7 Å². The van der Waals surface area contributed by atoms with Crippen LogP contribution in [0, 0.1) is 10.1 Å². The summed E-state index contributed by atoms with van der Waals surface area (Å²) >= 11 is 1.75. The first kappa shape index (κ1) is 16.6. The number of benzene rings is 1. The highest BCUT2D eigenvalue weighted by Gasteiger charge is 2.16. The van der Waals surface area contributed by atoms with E-state index in [0.717, 1.165) is 5.69 Å². The Hall–Kier alpha value is -1.76. The summed E-state index contributed by atoms with van der Waals surface area (Å²) in [6.45, 7) is 1.14. The molecule has 2 rings (SSSR count). The molecule has 120 valence electrons. The Morgan fingerprint density at radius 1 is 1.23 bits per heavy atom. The molecule has 1 aromatic rings. The van der Waals surface area contributed by atoms with Crippen molar-refractivity contribution in [2.75, 3.05) is 24.2 Å². The van der Waals surface area contributed by atoms with Crippen LogP contribution in [0.5, 0.6) is 0 Å². The lowest BCUT2D eigenvalue weighted by molar-refractivity contribution is -0.384. The molecule has 0 heterocycles. The molecular weight excluding hydrogens is 302 g/mol. The van der Waals surface area contributed by atoms with Gasteiger partial charge in [0, 0.05) is 36.2 Å². The molecule has 0 aromatic heterocycles. The van der Waals surface area contributed by atoms with E-state index >= 15 is 0 Å². The smallest absolute Gasteiger partial charge is 0.269 e. The molecule has 0 bridgehead atoms. The predicted molar refractivity (Wildman–Crippen MR) is 89.3 cm³/mol. The summed E-state index contributed by atoms with van der Waals surface area (Å²) in [5.74, 6) is 0.602. The molecule has 1 aliphatic carbocycles. The molecule has 0 spiro atoms. The molecule has 1 saturated carbocycles. The summed E-state index contributed by atoms with van der Waals surface area (Å²) in [5.41, 5.74) is 0.878. The molecule has 1 amide bonds. The number of anilines is 1. The Labute approximate surface area is 134 Å². The van der Waals surface area contributed by atoms with Crippen LogP contribution in [0.4, 0.5) is 11.4 Å². The normalized spacial score (nSPS) is 14.7. The second-order valence-electron chi connectivity index (χ2n) is 5.30. The van der Waals surface area contributed by atoms with Gasteiger partial charge in [0.15, 0.2) is 0 Å². The third-order valence-electron chi connectivity index (χ3n) is 3.61. The van der Waals surface area contributed by atoms with Crippen molar-refractivity contribution in [2.45, 2.75) is 30.9 Å². The summed E-state index contributed by atoms with van der Waals surface area (Å²) in [7, 11) is 0. The minimum atomic E-state index is -0.425. The molecule has 7 heteroatoms. The average Bonchev–Trinajstić information content (AvgIpc) is 3.03. The molecule has 1 fully saturated rings. The van der Waals surface area contributed by atoms with Gasteiger partial charge in [-0.25, -0.2) is 0 Å². The van der Waals surface area contributed by atoms with Crippen molar-refractivity contribution < 1.29 is 9.72 Å². The van der Waals surface area contributed by atoms with E-state index in [4.69, 9.17) is 0 Å². The Morgan fingerprint density at radius 2 is 1.91 bits per heavy atom. The Kier molecular flexibility index (Phi) is 6.51. The minimum absolute atomic E-state index is 0.0717. The van der Waals surface area contributed by atoms with Gasteiger partial charge in [-0.15, -0.1) is 11.8 Å². The van der Waals surface area contributed by atoms with Gasteiger partial charge in [0.25, 0.3) is 5.69 Å². The SMILES string of the molecule is O=C(CSC1CCCC1)NCCNc1ccc([N+](=O)[O-])cc1. The number of nitro benzene ring substituents is 1. The van der Waals surface area contributed by atoms with Crippen LogP contribution in [0.3, 0.4) is 0 Å². The van der Waals surface area contributed by atoms with E-state index in [-0.39, 0.29) is 11.6 Å². The molecule has 0 radical (unpaired) electrons. The van der Waals surface area contributed by atoms with Crippen molar-refractivity contribution in [3.8, 4) is 0 Å². The van der Waals surface area contributed by atoms with Crippen molar-refractivity contribution in [1.82, 2.24) is 5.32 Å². The molecule has 1 aliphatic rings. The molecule has 6 nitrogen and oxygen atoms in total. The van der Waals surface area contributed by atoms with Gasteiger partial charge in [-0.2, -0.15) is 0 Å². The number of amides is 1. The van der Waals surface area contributed by atoms with Gasteiger partial charge >= 0.3 is 0 Å². The lowest BCUT2D eigenvalue weighted by Gasteiger charge is -2.10. The number of rotatable bonds is 8. The molecular formula is C15H21N3O3S. The van der Waals surface area contributed by atoms with Crippen LogP contribution in [-0.2, 0) is 4.79 Å². The highest BCUT2D eigenvalue weighted by atomic mass is 32.2. The first-order valence-electron chi connectivity index (χ1n) is 7.52. The zero-order chi connectivity index (χ0) is 15.8. The van der Waals surface area contributed by atoms with Gasteiger partial charge in [0.2, 0.25) is 5.91 Å². The summed E-state index contributed by atoms with van der Waals surface area (Å²) in [6, 6.07) is 6.24. The van der Waals surface area contributed by atoms with Crippen LogP contribution < -0.4 is 10.6 Å². The van der Waals surface area contributed by atoms with Gasteiger partial charge in [-0.1, -0.05) is 12.8 Å². The number of hydrogen-bond acceptors (Lipinski definition) is 5. The van der Waals surface area contributed by atoms with Gasteiger partial charge < -0.3 is 10.6 Å². The summed E-state index contributed by atoms with van der Waals surface area (Å²) in [5, 5.41) is 17.2. The maximum atomic E-state index is 11.7. The van der Waals surface area contributed by atoms with Crippen LogP contribution in [0.15, 0.2) is 24.3 Å². The first-order valence-corrected chi connectivity index (χ1v) is 8.56. The zero-order valence-electron chi connectivity index (χ0n) is 12.4. The fraction of sp³-hybridized carbons (Fsp3) is 0.533. The van der Waals surface area contributed by atoms with E-state index in [1.165, 1.54) is 37.8 Å². The number of nitrogens with one attached hydrogen (secondary N) is 2. The quantitative estimate of drug-likeness (QED) is 0.436. The van der Waals surface area contributed by atoms with Crippen molar-refractivity contribution >= 4 is 29.0 Å². The number of thioether (sulfide) groups is 1.